The summed E-state index contributed by atoms with van der Waals surface area (Å²) in [7, 11) is 0. The van der Waals surface area contributed by atoms with E-state index in [2.05, 4.69) is 10.6 Å². The van der Waals surface area contributed by atoms with Gasteiger partial charge in [-0.2, -0.15) is 0 Å². The molecule has 2 aliphatic heterocycles. The molecule has 4 amide bonds. The average Bonchev–Trinajstić information content (AvgIpc) is 3.30. The number of aliphatic hydroxyl groups is 1. The van der Waals surface area contributed by atoms with Crippen LogP contribution in [0, 0.1) is 0 Å². The lowest BCUT2D eigenvalue weighted by molar-refractivity contribution is -0.195. The molecule has 2 heterocycles. The molecule has 1 fully saturated rings. The number of hydrogen-bond donors (Lipinski definition) is 4. The molecule has 240 valence electrons. The Balaban J connectivity index is 1.36. The second-order valence-corrected chi connectivity index (χ2v) is 9.66. The number of carboxylic acids is 1. The van der Waals surface area contributed by atoms with E-state index in [9.17, 15) is 39.0 Å². The minimum atomic E-state index is -1.26. The van der Waals surface area contributed by atoms with Crippen molar-refractivity contribution in [2.45, 2.75) is 50.8 Å². The Labute approximate surface area is 252 Å². The highest BCUT2D eigenvalue weighted by atomic mass is 16.7. The Morgan fingerprint density at radius 1 is 1.00 bits per heavy atom. The molecule has 16 nitrogen and oxygen atoms in total. The first kappa shape index (κ1) is 34.1. The van der Waals surface area contributed by atoms with Gasteiger partial charge in [-0.1, -0.05) is 6.07 Å². The highest BCUT2D eigenvalue weighted by Crippen LogP contribution is 2.30. The first-order valence-electron chi connectivity index (χ1n) is 13.8. The lowest BCUT2D eigenvalue weighted by atomic mass is 10.1. The summed E-state index contributed by atoms with van der Waals surface area (Å²) in [6, 6.07) is 4.57. The first-order valence-corrected chi connectivity index (χ1v) is 13.8. The summed E-state index contributed by atoms with van der Waals surface area (Å²) in [5.74, 6) is -2.67. The predicted octanol–water partition coefficient (Wildman–Crippen LogP) is -0.518. The van der Waals surface area contributed by atoms with Crippen LogP contribution in [0.15, 0.2) is 30.4 Å². The van der Waals surface area contributed by atoms with Crippen molar-refractivity contribution < 1.29 is 62.7 Å². The van der Waals surface area contributed by atoms with Gasteiger partial charge in [0.1, 0.15) is 12.4 Å². The lowest BCUT2D eigenvalue weighted by Crippen LogP contribution is -2.42. The quantitative estimate of drug-likeness (QED) is 0.0870. The second-order valence-electron chi connectivity index (χ2n) is 9.66. The number of aliphatic hydroxyl groups excluding tert-OH is 1. The topological polar surface area (TPSA) is 216 Å². The van der Waals surface area contributed by atoms with Crippen LogP contribution in [-0.2, 0) is 54.3 Å². The number of hydrogen-bond acceptors (Lipinski definition) is 12. The van der Waals surface area contributed by atoms with Gasteiger partial charge in [0.05, 0.1) is 44.8 Å². The number of imide groups is 1. The van der Waals surface area contributed by atoms with Gasteiger partial charge in [-0.05, 0) is 17.7 Å². The number of nitrogens with one attached hydrogen (secondary N) is 2. The Morgan fingerprint density at radius 2 is 1.73 bits per heavy atom. The van der Waals surface area contributed by atoms with E-state index in [1.54, 1.807) is 6.07 Å². The number of anilines is 1. The van der Waals surface area contributed by atoms with E-state index in [1.807, 2.05) is 0 Å². The number of carbonyl (C=O) groups excluding carboxylic acids is 5. The maximum Gasteiger partial charge on any atom is 0.333 e. The molecule has 0 aromatic heterocycles. The molecular weight excluding hydrogens is 586 g/mol. The smallest absolute Gasteiger partial charge is 0.333 e. The van der Waals surface area contributed by atoms with E-state index in [1.165, 1.54) is 24.3 Å². The zero-order chi connectivity index (χ0) is 31.9. The number of amides is 4. The van der Waals surface area contributed by atoms with Gasteiger partial charge in [-0.15, -0.1) is 0 Å². The zero-order valence-corrected chi connectivity index (χ0v) is 23.8. The molecule has 1 aromatic rings. The van der Waals surface area contributed by atoms with Crippen LogP contribution in [0.1, 0.15) is 31.2 Å². The molecule has 3 atom stereocenters. The van der Waals surface area contributed by atoms with Crippen LogP contribution >= 0.6 is 0 Å². The molecule has 0 aliphatic carbocycles. The summed E-state index contributed by atoms with van der Waals surface area (Å²) in [5.41, 5.74) is 0.718. The van der Waals surface area contributed by atoms with Crippen molar-refractivity contribution in [3.8, 4) is 5.75 Å². The van der Waals surface area contributed by atoms with Crippen molar-refractivity contribution >= 4 is 41.8 Å². The monoisotopic (exact) mass is 621 g/mol. The van der Waals surface area contributed by atoms with Gasteiger partial charge >= 0.3 is 5.97 Å². The average molecular weight is 622 g/mol. The lowest BCUT2D eigenvalue weighted by Gasteiger charge is -2.31. The summed E-state index contributed by atoms with van der Waals surface area (Å²) in [6.45, 7) is 1.07. The SMILES string of the molecule is O=COCc1ccc(OC2CC(O)CC(C(=O)O)O2)c(NC(=O)CCNC(=O)CCOCCOCCN2C(=O)C=CC2=O)c1. The minimum absolute atomic E-state index is 0.0108. The minimum Gasteiger partial charge on any atom is -0.479 e. The molecule has 44 heavy (non-hydrogen) atoms. The molecule has 3 rings (SSSR count). The van der Waals surface area contributed by atoms with E-state index < -0.39 is 30.4 Å². The van der Waals surface area contributed by atoms with Crippen molar-refractivity contribution in [1.29, 1.82) is 0 Å². The summed E-state index contributed by atoms with van der Waals surface area (Å²) >= 11 is 0. The Hall–Kier alpha value is -4.38. The van der Waals surface area contributed by atoms with Crippen LogP contribution in [0.4, 0.5) is 5.69 Å². The molecule has 1 saturated heterocycles. The molecule has 0 saturated carbocycles. The Kier molecular flexibility index (Phi) is 13.7. The number of aliphatic carboxylic acids is 1. The van der Waals surface area contributed by atoms with Crippen LogP contribution in [-0.4, -0.2) is 109 Å². The number of benzene rings is 1. The van der Waals surface area contributed by atoms with Gasteiger partial charge in [0.2, 0.25) is 18.1 Å². The fourth-order valence-corrected chi connectivity index (χ4v) is 4.14. The third kappa shape index (κ3) is 11.4. The molecule has 3 unspecified atom stereocenters. The highest BCUT2D eigenvalue weighted by Gasteiger charge is 2.34. The zero-order valence-electron chi connectivity index (χ0n) is 23.8. The van der Waals surface area contributed by atoms with Gasteiger partial charge in [0.15, 0.2) is 6.10 Å². The largest absolute Gasteiger partial charge is 0.479 e. The fourth-order valence-electron chi connectivity index (χ4n) is 4.14. The third-order valence-corrected chi connectivity index (χ3v) is 6.32. The van der Waals surface area contributed by atoms with Crippen LogP contribution in [0.25, 0.3) is 0 Å². The molecule has 1 aromatic carbocycles. The standard InChI is InChI=1S/C28H35N3O13/c32-17-42-16-18-1-2-21(43-27-15-19(33)14-22(44-27)28(38)39)20(13-18)30-24(35)5-7-29-23(34)6-9-40-11-12-41-10-8-31-25(36)3-4-26(31)37/h1-4,13,17,19,22,27,33H,5-12,14-16H2,(H,29,34)(H,30,35)(H,38,39). The summed E-state index contributed by atoms with van der Waals surface area (Å²) in [5, 5.41) is 24.5. The molecular formula is C28H35N3O13. The number of carbonyl (C=O) groups is 6. The van der Waals surface area contributed by atoms with Crippen LogP contribution < -0.4 is 15.4 Å². The highest BCUT2D eigenvalue weighted by molar-refractivity contribution is 6.12. The van der Waals surface area contributed by atoms with Crippen LogP contribution in [0.5, 0.6) is 5.75 Å². The van der Waals surface area contributed by atoms with Crippen molar-refractivity contribution in [3.05, 3.63) is 35.9 Å². The molecule has 16 heteroatoms. The van der Waals surface area contributed by atoms with Crippen molar-refractivity contribution in [1.82, 2.24) is 10.2 Å². The van der Waals surface area contributed by atoms with Gasteiger partial charge in [0.25, 0.3) is 18.3 Å². The predicted molar refractivity (Wildman–Crippen MR) is 148 cm³/mol. The summed E-state index contributed by atoms with van der Waals surface area (Å²) < 4.78 is 26.6. The van der Waals surface area contributed by atoms with Gasteiger partial charge in [-0.25, -0.2) is 4.79 Å². The van der Waals surface area contributed by atoms with E-state index >= 15 is 0 Å². The number of nitrogens with zero attached hydrogens (tertiary/aromatic N) is 1. The van der Waals surface area contributed by atoms with E-state index in [0.29, 0.717) is 5.56 Å². The molecule has 0 bridgehead atoms. The molecule has 4 N–H and O–H groups in total. The first-order chi connectivity index (χ1) is 21.2. The molecule has 0 spiro atoms. The number of rotatable bonds is 19. The second kappa shape index (κ2) is 17.7. The normalized spacial score (nSPS) is 19.5. The number of ether oxygens (including phenoxy) is 5. The van der Waals surface area contributed by atoms with Crippen LogP contribution in [0.3, 0.4) is 0 Å². The summed E-state index contributed by atoms with van der Waals surface area (Å²) in [6.07, 6.45) is -1.03. The van der Waals surface area contributed by atoms with Gasteiger partial charge < -0.3 is 44.5 Å². The van der Waals surface area contributed by atoms with Gasteiger partial charge in [0, 0.05) is 44.4 Å². The van der Waals surface area contributed by atoms with Gasteiger partial charge in [-0.3, -0.25) is 28.9 Å². The molecule has 2 aliphatic rings. The fraction of sp³-hybridized carbons (Fsp3) is 0.500. The maximum absolute atomic E-state index is 12.6. The van der Waals surface area contributed by atoms with E-state index in [0.717, 1.165) is 4.90 Å². The maximum atomic E-state index is 12.6. The van der Waals surface area contributed by atoms with E-state index in [4.69, 9.17) is 23.7 Å². The Bertz CT molecular complexity index is 1200. The van der Waals surface area contributed by atoms with Crippen molar-refractivity contribution in [2.75, 3.05) is 44.8 Å². The number of carboxylic acid groups (broad SMARTS) is 1. The van der Waals surface area contributed by atoms with Crippen LogP contribution in [0.2, 0.25) is 0 Å². The van der Waals surface area contributed by atoms with E-state index in [-0.39, 0.29) is 107 Å². The van der Waals surface area contributed by atoms with Crippen molar-refractivity contribution in [3.63, 3.8) is 0 Å². The summed E-state index contributed by atoms with van der Waals surface area (Å²) in [4.78, 5) is 70.6. The molecule has 0 radical (unpaired) electrons. The Morgan fingerprint density at radius 3 is 2.43 bits per heavy atom. The van der Waals surface area contributed by atoms with Crippen molar-refractivity contribution in [2.24, 2.45) is 0 Å². The third-order valence-electron chi connectivity index (χ3n) is 6.32.